The van der Waals surface area contributed by atoms with E-state index in [1.54, 1.807) is 32.2 Å². The number of halogens is 1. The van der Waals surface area contributed by atoms with Crippen molar-refractivity contribution in [1.82, 2.24) is 0 Å². The summed E-state index contributed by atoms with van der Waals surface area (Å²) in [6, 6.07) is 10.1. The van der Waals surface area contributed by atoms with Crippen LogP contribution in [-0.2, 0) is 30.4 Å². The van der Waals surface area contributed by atoms with Gasteiger partial charge >= 0.3 is 5.97 Å². The van der Waals surface area contributed by atoms with Crippen molar-refractivity contribution >= 4 is 104 Å². The van der Waals surface area contributed by atoms with Gasteiger partial charge in [-0.2, -0.15) is 0 Å². The number of carbonyl (C=O) groups is 1. The molecule has 0 saturated heterocycles. The molecule has 9 heteroatoms. The van der Waals surface area contributed by atoms with Crippen molar-refractivity contribution in [3.8, 4) is 30.6 Å². The Morgan fingerprint density at radius 2 is 1.03 bits per heavy atom. The highest BCUT2D eigenvalue weighted by Gasteiger charge is 2.30. The molecular formula is C63H87FO2S6. The number of esters is 1. The molecule has 0 radical (unpaired) electrons. The molecule has 0 N–H and O–H groups in total. The third kappa shape index (κ3) is 13.6. The number of fused-ring (bicyclic) bond motifs is 3. The number of thiophene rings is 6. The fraction of sp³-hybridized carbons (Fsp3) is 0.603. The van der Waals surface area contributed by atoms with E-state index >= 15 is 4.39 Å². The number of hydrogen-bond acceptors (Lipinski definition) is 8. The summed E-state index contributed by atoms with van der Waals surface area (Å²) in [5, 5.41) is 3.26. The fourth-order valence-corrected chi connectivity index (χ4v) is 18.4. The lowest BCUT2D eigenvalue weighted by Gasteiger charge is -2.15. The van der Waals surface area contributed by atoms with E-state index < -0.39 is 11.8 Å². The topological polar surface area (TPSA) is 26.3 Å². The Kier molecular flexibility index (Phi) is 22.4. The molecule has 0 fully saturated rings. The van der Waals surface area contributed by atoms with Crippen molar-refractivity contribution in [2.75, 3.05) is 6.61 Å². The minimum atomic E-state index is -0.520. The van der Waals surface area contributed by atoms with Crippen LogP contribution in [0, 0.1) is 37.4 Å². The summed E-state index contributed by atoms with van der Waals surface area (Å²) in [7, 11) is 0. The Labute approximate surface area is 458 Å². The van der Waals surface area contributed by atoms with Crippen LogP contribution in [0.15, 0.2) is 24.3 Å². The zero-order valence-electron chi connectivity index (χ0n) is 45.9. The predicted molar refractivity (Wildman–Crippen MR) is 325 cm³/mol. The molecule has 1 aromatic carbocycles. The van der Waals surface area contributed by atoms with E-state index in [0.29, 0.717) is 29.7 Å². The Morgan fingerprint density at radius 3 is 1.54 bits per heavy atom. The molecule has 72 heavy (non-hydrogen) atoms. The monoisotopic (exact) mass is 1090 g/mol. The first kappa shape index (κ1) is 57.3. The van der Waals surface area contributed by atoms with Gasteiger partial charge in [0.2, 0.25) is 0 Å². The quantitative estimate of drug-likeness (QED) is 0.0310. The van der Waals surface area contributed by atoms with Gasteiger partial charge in [-0.05, 0) is 112 Å². The van der Waals surface area contributed by atoms with Crippen LogP contribution in [0.4, 0.5) is 4.39 Å². The molecule has 0 aliphatic rings. The number of hydrogen-bond donors (Lipinski definition) is 0. The van der Waals surface area contributed by atoms with E-state index in [9.17, 15) is 4.79 Å². The van der Waals surface area contributed by atoms with Gasteiger partial charge in [-0.1, -0.05) is 165 Å². The second-order valence-electron chi connectivity index (χ2n) is 21.1. The highest BCUT2D eigenvalue weighted by atomic mass is 32.1. The lowest BCUT2D eigenvalue weighted by molar-refractivity contribution is 0.0429. The van der Waals surface area contributed by atoms with E-state index in [1.165, 1.54) is 160 Å². The van der Waals surface area contributed by atoms with Gasteiger partial charge in [-0.15, -0.1) is 68.0 Å². The largest absolute Gasteiger partial charge is 0.461 e. The van der Waals surface area contributed by atoms with Crippen molar-refractivity contribution in [2.24, 2.45) is 17.8 Å². The van der Waals surface area contributed by atoms with Gasteiger partial charge < -0.3 is 4.74 Å². The third-order valence-electron chi connectivity index (χ3n) is 15.5. The van der Waals surface area contributed by atoms with Crippen LogP contribution >= 0.6 is 68.0 Å². The van der Waals surface area contributed by atoms with E-state index in [-0.39, 0.29) is 4.88 Å². The minimum absolute atomic E-state index is 0.116. The van der Waals surface area contributed by atoms with Crippen LogP contribution in [0.1, 0.15) is 224 Å². The number of aryl methyl sites for hydroxylation is 4. The number of ether oxygens (including phenoxy) is 1. The molecule has 0 bridgehead atoms. The van der Waals surface area contributed by atoms with Crippen LogP contribution in [0.5, 0.6) is 0 Å². The second kappa shape index (κ2) is 28.1. The van der Waals surface area contributed by atoms with Gasteiger partial charge in [0.15, 0.2) is 5.82 Å². The summed E-state index contributed by atoms with van der Waals surface area (Å²) in [5.74, 6) is 0.755. The Hall–Kier alpha value is -2.40. The van der Waals surface area contributed by atoms with Crippen molar-refractivity contribution in [3.63, 3.8) is 0 Å². The van der Waals surface area contributed by atoms with Crippen molar-refractivity contribution in [1.29, 1.82) is 0 Å². The van der Waals surface area contributed by atoms with Gasteiger partial charge in [0, 0.05) is 70.8 Å². The fourth-order valence-electron chi connectivity index (χ4n) is 10.9. The maximum absolute atomic E-state index is 17.2. The van der Waals surface area contributed by atoms with Crippen LogP contribution < -0.4 is 0 Å². The SMILES string of the molecule is CCCCCCc1sc(-c2c3cc(-c4sc(C)c5sc(C(=O)OCC(CC)CCCC)c(F)c45)sc3c(-c3cc(CC(CC)CCCC)c(CCCCCC)s3)c3cc(C)sc23)cc1CC(CC)CCCC. The van der Waals surface area contributed by atoms with Crippen LogP contribution in [0.25, 0.3) is 60.9 Å². The average molecular weight is 1090 g/mol. The summed E-state index contributed by atoms with van der Waals surface area (Å²) >= 11 is 10.9. The summed E-state index contributed by atoms with van der Waals surface area (Å²) in [5.41, 5.74) is 5.87. The second-order valence-corrected chi connectivity index (χ2v) is 28.0. The molecule has 0 aliphatic heterocycles. The molecule has 0 aliphatic carbocycles. The zero-order valence-corrected chi connectivity index (χ0v) is 50.8. The van der Waals surface area contributed by atoms with E-state index in [2.05, 4.69) is 116 Å². The van der Waals surface area contributed by atoms with Crippen molar-refractivity contribution in [2.45, 2.75) is 223 Å². The van der Waals surface area contributed by atoms with Crippen LogP contribution in [-0.4, -0.2) is 12.6 Å². The molecule has 0 saturated carbocycles. The molecule has 3 unspecified atom stereocenters. The summed E-state index contributed by atoms with van der Waals surface area (Å²) in [4.78, 5) is 24.3. The maximum Gasteiger partial charge on any atom is 0.351 e. The lowest BCUT2D eigenvalue weighted by atomic mass is 9.90. The Balaban J connectivity index is 1.45. The first-order chi connectivity index (χ1) is 35.0. The van der Waals surface area contributed by atoms with Gasteiger partial charge in [-0.3, -0.25) is 0 Å². The molecule has 0 spiro atoms. The first-order valence-electron chi connectivity index (χ1n) is 28.6. The normalized spacial score (nSPS) is 13.4. The number of unbranched alkanes of at least 4 members (excludes halogenated alkanes) is 9. The summed E-state index contributed by atoms with van der Waals surface area (Å²) in [6.45, 7) is 23.2. The van der Waals surface area contributed by atoms with Gasteiger partial charge in [-0.25, -0.2) is 9.18 Å². The lowest BCUT2D eigenvalue weighted by Crippen LogP contribution is -2.14. The molecule has 7 rings (SSSR count). The molecule has 394 valence electrons. The van der Waals surface area contributed by atoms with Crippen molar-refractivity contribution in [3.05, 3.63) is 65.6 Å². The Morgan fingerprint density at radius 1 is 0.528 bits per heavy atom. The highest BCUT2D eigenvalue weighted by Crippen LogP contribution is 2.56. The number of benzene rings is 1. The molecule has 6 aromatic heterocycles. The molecule has 3 atom stereocenters. The predicted octanol–water partition coefficient (Wildman–Crippen LogP) is 23.4. The van der Waals surface area contributed by atoms with Crippen molar-refractivity contribution < 1.29 is 13.9 Å². The molecule has 6 heterocycles. The van der Waals surface area contributed by atoms with E-state index in [1.807, 2.05) is 22.7 Å². The molecular weight excluding hydrogens is 1000 g/mol. The number of rotatable bonds is 32. The highest BCUT2D eigenvalue weighted by molar-refractivity contribution is 7.31. The minimum Gasteiger partial charge on any atom is -0.461 e. The third-order valence-corrected chi connectivity index (χ3v) is 22.9. The maximum atomic E-state index is 17.2. The van der Waals surface area contributed by atoms with Gasteiger partial charge in [0.25, 0.3) is 0 Å². The van der Waals surface area contributed by atoms with E-state index in [4.69, 9.17) is 4.74 Å². The average Bonchev–Trinajstić information content (AvgIpc) is 4.25. The standard InChI is InChI=1S/C63H87FO2S6/c1-11-19-24-26-31-49-45(34-42(16-6)28-21-13-3)36-51(69-49)54-47-33-40(9)67-59(47)55(52-37-46(35-43(17-7)29-22-14-4)50(70-52)32-27-25-20-12-2)48-38-53(71-60(48)54)61-56-57(64)62(72-58(56)41(10)68-61)63(65)66-39-44(18-8)30-23-15-5/h33,36-38,42-44H,11-32,34-35,39H2,1-10H3. The smallest absolute Gasteiger partial charge is 0.351 e. The Bertz CT molecular complexity index is 2680. The molecule has 2 nitrogen and oxygen atoms in total. The van der Waals surface area contributed by atoms with Crippen LogP contribution in [0.2, 0.25) is 0 Å². The number of carbonyl (C=O) groups excluding carboxylic acids is 1. The zero-order chi connectivity index (χ0) is 51.3. The van der Waals surface area contributed by atoms with E-state index in [0.717, 1.165) is 70.7 Å². The molecule has 7 aromatic rings. The van der Waals surface area contributed by atoms with Crippen LogP contribution in [0.3, 0.4) is 0 Å². The first-order valence-corrected chi connectivity index (χ1v) is 33.5. The molecule has 0 amide bonds. The summed E-state index contributed by atoms with van der Waals surface area (Å²) in [6.07, 6.45) is 29.0. The van der Waals surface area contributed by atoms with Gasteiger partial charge in [0.1, 0.15) is 4.88 Å². The summed E-state index contributed by atoms with van der Waals surface area (Å²) < 4.78 is 26.6. The van der Waals surface area contributed by atoms with Gasteiger partial charge in [0.05, 0.1) is 16.2 Å².